The van der Waals surface area contributed by atoms with Crippen LogP contribution in [0.5, 0.6) is 17.4 Å². The number of hydrogen-bond acceptors (Lipinski definition) is 17. The summed E-state index contributed by atoms with van der Waals surface area (Å²) < 4.78 is 141. The van der Waals surface area contributed by atoms with Gasteiger partial charge in [0, 0.05) is 29.3 Å². The Bertz CT molecular complexity index is 1870. The van der Waals surface area contributed by atoms with E-state index in [-0.39, 0.29) is 57.2 Å². The van der Waals surface area contributed by atoms with E-state index < -0.39 is 110 Å². The lowest BCUT2D eigenvalue weighted by atomic mass is 9.91. The lowest BCUT2D eigenvalue weighted by Gasteiger charge is -2.45. The predicted molar refractivity (Wildman–Crippen MR) is 182 cm³/mol. The van der Waals surface area contributed by atoms with Crippen molar-refractivity contribution in [1.29, 1.82) is 0 Å². The number of aromatic nitrogens is 2. The molecule has 1 saturated carbocycles. The van der Waals surface area contributed by atoms with Crippen LogP contribution in [0.3, 0.4) is 0 Å². The highest BCUT2D eigenvalue weighted by atomic mass is 32.1. The van der Waals surface area contributed by atoms with E-state index in [2.05, 4.69) is 14.7 Å². The van der Waals surface area contributed by atoms with E-state index in [4.69, 9.17) is 23.7 Å². The van der Waals surface area contributed by atoms with Crippen molar-refractivity contribution in [2.75, 3.05) is 13.2 Å². The predicted octanol–water partition coefficient (Wildman–Crippen LogP) is 1.37. The second-order valence-electron chi connectivity index (χ2n) is 14.1. The van der Waals surface area contributed by atoms with Gasteiger partial charge in [-0.15, -0.1) is 11.3 Å². The van der Waals surface area contributed by atoms with E-state index in [9.17, 15) is 76.0 Å². The highest BCUT2D eigenvalue weighted by Crippen LogP contribution is 2.52. The van der Waals surface area contributed by atoms with Gasteiger partial charge in [-0.3, -0.25) is 0 Å². The van der Waals surface area contributed by atoms with Crippen molar-refractivity contribution in [3.05, 3.63) is 63.7 Å². The number of benzene rings is 1. The fourth-order valence-electron chi connectivity index (χ4n) is 6.40. The fraction of sp³-hybridized carbons (Fsp3) is 0.600. The number of thiazole rings is 1. The van der Waals surface area contributed by atoms with Crippen LogP contribution in [0, 0.1) is 0 Å². The van der Waals surface area contributed by atoms with E-state index in [0.717, 1.165) is 6.07 Å². The molecular formula is C35H38F8N2O14S. The van der Waals surface area contributed by atoms with Gasteiger partial charge in [-0.05, 0) is 42.5 Å². The van der Waals surface area contributed by atoms with Gasteiger partial charge in [0.15, 0.2) is 17.8 Å². The molecule has 0 spiro atoms. The Labute approximate surface area is 337 Å². The number of rotatable bonds is 15. The van der Waals surface area contributed by atoms with Crippen LogP contribution in [0.1, 0.15) is 39.8 Å². The van der Waals surface area contributed by atoms with Gasteiger partial charge in [0.25, 0.3) is 0 Å². The summed E-state index contributed by atoms with van der Waals surface area (Å²) in [6.45, 7) is -4.94. The minimum Gasteiger partial charge on any atom is -0.487 e. The van der Waals surface area contributed by atoms with Crippen LogP contribution in [-0.2, 0) is 26.2 Å². The van der Waals surface area contributed by atoms with Crippen LogP contribution in [0.2, 0.25) is 0 Å². The molecule has 1 aliphatic carbocycles. The quantitative estimate of drug-likeness (QED) is 0.101. The number of hydrogen-bond donors (Lipinski definition) is 8. The monoisotopic (exact) mass is 894 g/mol. The molecule has 3 aromatic rings. The Hall–Kier alpha value is -3.60. The maximum Gasteiger partial charge on any atom is 0.433 e. The van der Waals surface area contributed by atoms with E-state index in [1.54, 1.807) is 0 Å². The number of nitrogens with zero attached hydrogens (tertiary/aromatic N) is 2. The second-order valence-corrected chi connectivity index (χ2v) is 15.1. The van der Waals surface area contributed by atoms with Crippen molar-refractivity contribution < 1.29 is 104 Å². The summed E-state index contributed by atoms with van der Waals surface area (Å²) in [4.78, 5) is 7.19. The highest BCUT2D eigenvalue weighted by Gasteiger charge is 2.73. The molecule has 25 heteroatoms. The van der Waals surface area contributed by atoms with Gasteiger partial charge in [0.1, 0.15) is 53.8 Å². The van der Waals surface area contributed by atoms with E-state index in [0.29, 0.717) is 19.0 Å². The summed E-state index contributed by atoms with van der Waals surface area (Å²) in [6.07, 6.45) is -27.4. The van der Waals surface area contributed by atoms with Crippen LogP contribution in [-0.4, -0.2) is 151 Å². The van der Waals surface area contributed by atoms with Gasteiger partial charge in [0.05, 0.1) is 19.3 Å². The first-order chi connectivity index (χ1) is 28.2. The van der Waals surface area contributed by atoms with E-state index in [1.807, 2.05) is 0 Å². The first-order valence-corrected chi connectivity index (χ1v) is 18.8. The molecular weight excluding hydrogens is 856 g/mol. The Morgan fingerprint density at radius 2 is 1.40 bits per heavy atom. The Morgan fingerprint density at radius 3 is 1.98 bits per heavy atom. The molecule has 60 heavy (non-hydrogen) atoms. The normalized spacial score (nSPS) is 29.7. The van der Waals surface area contributed by atoms with Crippen molar-refractivity contribution in [3.8, 4) is 17.4 Å². The first kappa shape index (κ1) is 45.9. The molecule has 0 unspecified atom stereocenters. The average molecular weight is 895 g/mol. The molecule has 2 aliphatic heterocycles. The van der Waals surface area contributed by atoms with Crippen molar-refractivity contribution >= 4 is 11.3 Å². The summed E-state index contributed by atoms with van der Waals surface area (Å²) in [6, 6.07) is 6.14. The molecule has 2 saturated heterocycles. The number of aliphatic hydroxyl groups excluding tert-OH is 7. The average Bonchev–Trinajstić information content (AvgIpc) is 3.88. The van der Waals surface area contributed by atoms with Gasteiger partial charge >= 0.3 is 24.6 Å². The number of alkyl halides is 8. The van der Waals surface area contributed by atoms with Gasteiger partial charge in [-0.1, -0.05) is 12.1 Å². The zero-order valence-corrected chi connectivity index (χ0v) is 31.3. The highest BCUT2D eigenvalue weighted by molar-refractivity contribution is 7.11. The largest absolute Gasteiger partial charge is 0.487 e. The third kappa shape index (κ3) is 9.56. The van der Waals surface area contributed by atoms with Crippen molar-refractivity contribution in [2.24, 2.45) is 0 Å². The van der Waals surface area contributed by atoms with Gasteiger partial charge in [0.2, 0.25) is 12.2 Å². The molecule has 0 radical (unpaired) electrons. The lowest BCUT2D eigenvalue weighted by molar-refractivity contribution is -0.376. The smallest absolute Gasteiger partial charge is 0.433 e. The standard InChI is InChI=1S/C35H38F8N2O14S/c36-32(37)57-17-5-2-14(8-18(17)54-15-3-4-15)16(21-10-45-31(60-21)33(53,34(38,39)40)35(41,42)43)7-13-1-6-22(44-9-13)58-29-27(52)25(50)28(20(12-47)56-29)59-30-26(51)24(49)23(48)19(11-46)55-30/h1-2,5-6,8-10,15-16,19-20,23-30,32,46-53H,3-4,7,11-12H2/t16-,19+,20+,23+,24-,25+,26+,27+,28+,29-,30-/m0/s1. The van der Waals surface area contributed by atoms with Crippen LogP contribution in [0.15, 0.2) is 42.7 Å². The second kappa shape index (κ2) is 18.0. The summed E-state index contributed by atoms with van der Waals surface area (Å²) in [5, 5.41) is 80.0. The van der Waals surface area contributed by atoms with Gasteiger partial charge < -0.3 is 69.3 Å². The Balaban J connectivity index is 1.23. The van der Waals surface area contributed by atoms with Crippen LogP contribution >= 0.6 is 11.3 Å². The fourth-order valence-corrected chi connectivity index (χ4v) is 7.58. The maximum atomic E-state index is 13.8. The third-order valence-corrected chi connectivity index (χ3v) is 11.1. The molecule has 6 rings (SSSR count). The van der Waals surface area contributed by atoms with Gasteiger partial charge in [-0.2, -0.15) is 35.1 Å². The zero-order valence-electron chi connectivity index (χ0n) is 30.4. The molecule has 1 aromatic carbocycles. The summed E-state index contributed by atoms with van der Waals surface area (Å²) in [5.41, 5.74) is -4.93. The molecule has 0 bridgehead atoms. The molecule has 0 amide bonds. The third-order valence-electron chi connectivity index (χ3n) is 9.84. The molecule has 11 atom stereocenters. The summed E-state index contributed by atoms with van der Waals surface area (Å²) in [5.74, 6) is -2.00. The van der Waals surface area contributed by atoms with Crippen LogP contribution in [0.25, 0.3) is 0 Å². The van der Waals surface area contributed by atoms with Crippen molar-refractivity contribution in [3.63, 3.8) is 0 Å². The number of pyridine rings is 1. The molecule has 2 aromatic heterocycles. The van der Waals surface area contributed by atoms with Gasteiger partial charge in [-0.25, -0.2) is 9.97 Å². The molecule has 3 aliphatic rings. The minimum absolute atomic E-state index is 0.0890. The zero-order chi connectivity index (χ0) is 43.9. The van der Waals surface area contributed by atoms with E-state index >= 15 is 0 Å². The van der Waals surface area contributed by atoms with Crippen LogP contribution < -0.4 is 14.2 Å². The molecule has 8 N–H and O–H groups in total. The topological polar surface area (TPSA) is 243 Å². The maximum absolute atomic E-state index is 13.8. The lowest BCUT2D eigenvalue weighted by Crippen LogP contribution is -2.65. The number of aliphatic hydroxyl groups is 8. The Morgan fingerprint density at radius 1 is 0.750 bits per heavy atom. The van der Waals surface area contributed by atoms with E-state index in [1.165, 1.54) is 30.5 Å². The van der Waals surface area contributed by atoms with Crippen molar-refractivity contribution in [2.45, 2.75) is 117 Å². The minimum atomic E-state index is -6.23. The number of ether oxygens (including phenoxy) is 6. The molecule has 334 valence electrons. The molecule has 16 nitrogen and oxygen atoms in total. The first-order valence-electron chi connectivity index (χ1n) is 17.9. The molecule has 4 heterocycles. The molecule has 3 fully saturated rings. The summed E-state index contributed by atoms with van der Waals surface area (Å²) >= 11 is -0.0890. The van der Waals surface area contributed by atoms with Crippen LogP contribution in [0.4, 0.5) is 35.1 Å². The number of halogens is 8. The van der Waals surface area contributed by atoms with Crippen molar-refractivity contribution in [1.82, 2.24) is 9.97 Å². The SMILES string of the molecule is OC[C@H]1O[C@@H](O[C@H]2[C@H](O)[C@@H](O)[C@H](Oc3ccc(C[C@@H](c4ccc(OC(F)F)c(OC5CC5)c4)c4cnc(C(O)(C(F)(F)F)C(F)(F)F)s4)cn3)O[C@@H]2CO)[C@H](O)[C@@H](O)[C@@H]1O. The summed E-state index contributed by atoms with van der Waals surface area (Å²) in [7, 11) is 0. The Kier molecular flexibility index (Phi) is 13.8.